The zero-order chi connectivity index (χ0) is 17.8. The second-order valence-electron chi connectivity index (χ2n) is 5.59. The standard InChI is InChI=1S/C19H15N5OS/c25-18(12-14-5-7-15(8-6-14)24-11-3-10-21-24)23-19-22-17(13-26-19)16-4-1-2-9-20-16/h1-11,13H,12H2,(H,22,23,25). The fourth-order valence-electron chi connectivity index (χ4n) is 2.50. The predicted octanol–water partition coefficient (Wildman–Crippen LogP) is 3.57. The molecule has 0 fully saturated rings. The molecule has 0 aliphatic heterocycles. The summed E-state index contributed by atoms with van der Waals surface area (Å²) in [7, 11) is 0. The van der Waals surface area contributed by atoms with Crippen LogP contribution in [0.15, 0.2) is 72.5 Å². The van der Waals surface area contributed by atoms with Gasteiger partial charge in [0.15, 0.2) is 5.13 Å². The molecule has 0 saturated heterocycles. The number of benzene rings is 1. The van der Waals surface area contributed by atoms with Gasteiger partial charge in [-0.1, -0.05) is 18.2 Å². The van der Waals surface area contributed by atoms with E-state index in [1.54, 1.807) is 17.1 Å². The Balaban J connectivity index is 1.39. The number of hydrogen-bond donors (Lipinski definition) is 1. The van der Waals surface area contributed by atoms with Crippen LogP contribution >= 0.6 is 11.3 Å². The molecule has 0 bridgehead atoms. The molecule has 4 rings (SSSR count). The molecule has 128 valence electrons. The zero-order valence-electron chi connectivity index (χ0n) is 13.7. The van der Waals surface area contributed by atoms with Gasteiger partial charge in [-0.2, -0.15) is 5.10 Å². The second-order valence-corrected chi connectivity index (χ2v) is 6.45. The first-order valence-electron chi connectivity index (χ1n) is 8.04. The van der Waals surface area contributed by atoms with Crippen LogP contribution in [0.25, 0.3) is 17.1 Å². The third kappa shape index (κ3) is 3.68. The lowest BCUT2D eigenvalue weighted by atomic mass is 10.1. The second kappa shape index (κ2) is 7.28. The summed E-state index contributed by atoms with van der Waals surface area (Å²) in [6.45, 7) is 0. The molecule has 0 spiro atoms. The number of thiazole rings is 1. The Labute approximate surface area is 154 Å². The zero-order valence-corrected chi connectivity index (χ0v) is 14.6. The number of nitrogens with one attached hydrogen (secondary N) is 1. The van der Waals surface area contributed by atoms with Crippen molar-refractivity contribution in [2.45, 2.75) is 6.42 Å². The number of carbonyl (C=O) groups is 1. The molecular weight excluding hydrogens is 346 g/mol. The highest BCUT2D eigenvalue weighted by atomic mass is 32.1. The highest BCUT2D eigenvalue weighted by Gasteiger charge is 2.09. The van der Waals surface area contributed by atoms with Crippen LogP contribution in [-0.4, -0.2) is 25.7 Å². The van der Waals surface area contributed by atoms with E-state index in [-0.39, 0.29) is 12.3 Å². The fraction of sp³-hybridized carbons (Fsp3) is 0.0526. The van der Waals surface area contributed by atoms with E-state index in [1.165, 1.54) is 11.3 Å². The number of pyridine rings is 1. The van der Waals surface area contributed by atoms with Gasteiger partial charge in [0.25, 0.3) is 0 Å². The molecule has 1 aromatic carbocycles. The molecule has 7 heteroatoms. The van der Waals surface area contributed by atoms with Gasteiger partial charge in [0.1, 0.15) is 5.69 Å². The van der Waals surface area contributed by atoms with E-state index in [9.17, 15) is 4.79 Å². The average Bonchev–Trinajstić information content (AvgIpc) is 3.35. The highest BCUT2D eigenvalue weighted by Crippen LogP contribution is 2.23. The maximum absolute atomic E-state index is 12.3. The van der Waals surface area contributed by atoms with Gasteiger partial charge in [0.05, 0.1) is 17.8 Å². The molecule has 0 saturated carbocycles. The predicted molar refractivity (Wildman–Crippen MR) is 101 cm³/mol. The van der Waals surface area contributed by atoms with Crippen molar-refractivity contribution < 1.29 is 4.79 Å². The van der Waals surface area contributed by atoms with E-state index in [2.05, 4.69) is 20.4 Å². The van der Waals surface area contributed by atoms with Gasteiger partial charge in [0.2, 0.25) is 5.91 Å². The van der Waals surface area contributed by atoms with Gasteiger partial charge in [-0.25, -0.2) is 9.67 Å². The molecule has 4 aromatic rings. The summed E-state index contributed by atoms with van der Waals surface area (Å²) in [6.07, 6.45) is 5.62. The largest absolute Gasteiger partial charge is 0.302 e. The van der Waals surface area contributed by atoms with Crippen LogP contribution in [0.4, 0.5) is 5.13 Å². The molecule has 0 aliphatic rings. The molecule has 6 nitrogen and oxygen atoms in total. The van der Waals surface area contributed by atoms with Crippen molar-refractivity contribution in [2.24, 2.45) is 0 Å². The van der Waals surface area contributed by atoms with Gasteiger partial charge < -0.3 is 5.32 Å². The Hall–Kier alpha value is -3.32. The van der Waals surface area contributed by atoms with E-state index >= 15 is 0 Å². The molecular formula is C19H15N5OS. The Kier molecular flexibility index (Phi) is 4.53. The number of carbonyl (C=O) groups excluding carboxylic acids is 1. The summed E-state index contributed by atoms with van der Waals surface area (Å²) in [5.41, 5.74) is 3.44. The van der Waals surface area contributed by atoms with Crippen LogP contribution in [-0.2, 0) is 11.2 Å². The molecule has 26 heavy (non-hydrogen) atoms. The van der Waals surface area contributed by atoms with Crippen LogP contribution in [0.3, 0.4) is 0 Å². The topological polar surface area (TPSA) is 72.7 Å². The first kappa shape index (κ1) is 16.2. The van der Waals surface area contributed by atoms with Crippen molar-refractivity contribution in [1.82, 2.24) is 19.7 Å². The van der Waals surface area contributed by atoms with Crippen LogP contribution in [0.5, 0.6) is 0 Å². The van der Waals surface area contributed by atoms with Crippen molar-refractivity contribution in [3.8, 4) is 17.1 Å². The molecule has 1 amide bonds. The Morgan fingerprint density at radius 1 is 1.04 bits per heavy atom. The van der Waals surface area contributed by atoms with Gasteiger partial charge in [0, 0.05) is 24.0 Å². The molecule has 0 unspecified atom stereocenters. The molecule has 0 radical (unpaired) electrons. The Morgan fingerprint density at radius 3 is 2.65 bits per heavy atom. The number of anilines is 1. The summed E-state index contributed by atoms with van der Waals surface area (Å²) in [6, 6.07) is 15.3. The monoisotopic (exact) mass is 361 g/mol. The lowest BCUT2D eigenvalue weighted by molar-refractivity contribution is -0.115. The van der Waals surface area contributed by atoms with E-state index in [1.807, 2.05) is 60.1 Å². The number of aromatic nitrogens is 4. The summed E-state index contributed by atoms with van der Waals surface area (Å²) in [4.78, 5) is 20.9. The van der Waals surface area contributed by atoms with Crippen molar-refractivity contribution in [3.05, 3.63) is 78.1 Å². The summed E-state index contributed by atoms with van der Waals surface area (Å²) in [5, 5.41) is 9.49. The van der Waals surface area contributed by atoms with Crippen LogP contribution in [0, 0.1) is 0 Å². The van der Waals surface area contributed by atoms with Gasteiger partial charge in [-0.15, -0.1) is 11.3 Å². The van der Waals surface area contributed by atoms with E-state index in [0.29, 0.717) is 5.13 Å². The first-order chi connectivity index (χ1) is 12.8. The average molecular weight is 361 g/mol. The SMILES string of the molecule is O=C(Cc1ccc(-n2cccn2)cc1)Nc1nc(-c2ccccn2)cs1. The van der Waals surface area contributed by atoms with Crippen molar-refractivity contribution in [1.29, 1.82) is 0 Å². The van der Waals surface area contributed by atoms with Gasteiger partial charge in [-0.05, 0) is 35.9 Å². The molecule has 1 N–H and O–H groups in total. The summed E-state index contributed by atoms with van der Waals surface area (Å²) in [5.74, 6) is -0.0984. The van der Waals surface area contributed by atoms with E-state index in [4.69, 9.17) is 0 Å². The minimum absolute atomic E-state index is 0.0984. The molecule has 3 aromatic heterocycles. The van der Waals surface area contributed by atoms with Crippen LogP contribution in [0.2, 0.25) is 0 Å². The number of hydrogen-bond acceptors (Lipinski definition) is 5. The third-order valence-corrected chi connectivity index (χ3v) is 4.51. The lowest BCUT2D eigenvalue weighted by Crippen LogP contribution is -2.14. The third-order valence-electron chi connectivity index (χ3n) is 3.75. The minimum Gasteiger partial charge on any atom is -0.302 e. The number of rotatable bonds is 5. The fourth-order valence-corrected chi connectivity index (χ4v) is 3.22. The minimum atomic E-state index is -0.0984. The van der Waals surface area contributed by atoms with Crippen molar-refractivity contribution >= 4 is 22.4 Å². The van der Waals surface area contributed by atoms with Gasteiger partial charge in [-0.3, -0.25) is 9.78 Å². The smallest absolute Gasteiger partial charge is 0.230 e. The maximum atomic E-state index is 12.3. The van der Waals surface area contributed by atoms with Crippen LogP contribution in [0.1, 0.15) is 5.56 Å². The molecule has 3 heterocycles. The highest BCUT2D eigenvalue weighted by molar-refractivity contribution is 7.14. The van der Waals surface area contributed by atoms with Crippen molar-refractivity contribution in [3.63, 3.8) is 0 Å². The summed E-state index contributed by atoms with van der Waals surface area (Å²) >= 11 is 1.39. The maximum Gasteiger partial charge on any atom is 0.230 e. The summed E-state index contributed by atoms with van der Waals surface area (Å²) < 4.78 is 1.78. The number of nitrogens with zero attached hydrogens (tertiary/aromatic N) is 4. The molecule has 0 atom stereocenters. The lowest BCUT2D eigenvalue weighted by Gasteiger charge is -2.04. The Bertz CT molecular complexity index is 994. The number of amides is 1. The quantitative estimate of drug-likeness (QED) is 0.590. The van der Waals surface area contributed by atoms with Crippen LogP contribution < -0.4 is 5.32 Å². The Morgan fingerprint density at radius 2 is 1.92 bits per heavy atom. The first-order valence-corrected chi connectivity index (χ1v) is 8.92. The normalized spacial score (nSPS) is 10.6. The van der Waals surface area contributed by atoms with Crippen molar-refractivity contribution in [2.75, 3.05) is 5.32 Å². The van der Waals surface area contributed by atoms with E-state index in [0.717, 1.165) is 22.6 Å². The molecule has 0 aliphatic carbocycles. The van der Waals surface area contributed by atoms with Gasteiger partial charge >= 0.3 is 0 Å². The van der Waals surface area contributed by atoms with E-state index < -0.39 is 0 Å².